The van der Waals surface area contributed by atoms with Crippen LogP contribution in [0.3, 0.4) is 0 Å². The van der Waals surface area contributed by atoms with Crippen LogP contribution in [0.1, 0.15) is 90.9 Å². The number of ether oxygens (including phenoxy) is 3. The molecular weight excluding hydrogens is 406 g/mol. The Morgan fingerprint density at radius 2 is 1.88 bits per heavy atom. The smallest absolute Gasteiger partial charge is 0.243 e. The minimum atomic E-state index is -0.272. The van der Waals surface area contributed by atoms with Crippen LogP contribution in [0, 0.1) is 11.8 Å². The molecule has 0 N–H and O–H groups in total. The van der Waals surface area contributed by atoms with Crippen molar-refractivity contribution in [2.45, 2.75) is 109 Å². The maximum Gasteiger partial charge on any atom is 0.243 e. The third kappa shape index (κ3) is 8.12. The molecular formula is C26H45NO5. The zero-order valence-corrected chi connectivity index (χ0v) is 20.3. The fourth-order valence-electron chi connectivity index (χ4n) is 5.22. The van der Waals surface area contributed by atoms with E-state index < -0.39 is 0 Å². The summed E-state index contributed by atoms with van der Waals surface area (Å²) in [5.74, 6) is 1.07. The number of amides is 1. The normalized spacial score (nSPS) is 29.8. The van der Waals surface area contributed by atoms with Gasteiger partial charge in [0.15, 0.2) is 6.29 Å². The minimum absolute atomic E-state index is 0.0557. The summed E-state index contributed by atoms with van der Waals surface area (Å²) in [6.45, 7) is 6.85. The SMILES string of the molecule is CCCCCCOC[C@H]1C(CC=CCCCN(O[C@@H]2CCCCO2)C(C)=O)[C@H]2CC[C@@H]1O2. The van der Waals surface area contributed by atoms with E-state index in [1.165, 1.54) is 43.6 Å². The van der Waals surface area contributed by atoms with Crippen molar-refractivity contribution >= 4 is 5.91 Å². The van der Waals surface area contributed by atoms with Crippen LogP contribution < -0.4 is 0 Å². The van der Waals surface area contributed by atoms with Crippen molar-refractivity contribution < 1.29 is 23.8 Å². The van der Waals surface area contributed by atoms with Crippen LogP contribution in [-0.2, 0) is 23.8 Å². The van der Waals surface area contributed by atoms with Gasteiger partial charge in [-0.3, -0.25) is 4.79 Å². The molecule has 32 heavy (non-hydrogen) atoms. The van der Waals surface area contributed by atoms with Gasteiger partial charge in [0.05, 0.1) is 18.8 Å². The molecule has 3 aliphatic heterocycles. The van der Waals surface area contributed by atoms with Crippen LogP contribution in [-0.4, -0.2) is 55.8 Å². The molecule has 2 bridgehead atoms. The molecule has 0 aromatic rings. The van der Waals surface area contributed by atoms with Crippen molar-refractivity contribution in [2.24, 2.45) is 11.8 Å². The molecule has 0 radical (unpaired) electrons. The first-order chi connectivity index (χ1) is 15.7. The molecule has 3 fully saturated rings. The lowest BCUT2D eigenvalue weighted by atomic mass is 9.78. The van der Waals surface area contributed by atoms with E-state index in [-0.39, 0.29) is 12.2 Å². The standard InChI is InChI=1S/C26H45NO5/c1-3-4-5-11-18-29-20-23-22(24-15-16-25(23)31-24)13-8-6-7-10-17-27(21(2)28)32-26-14-9-12-19-30-26/h6,8,22-26H,3-5,7,9-20H2,1-2H3/t22?,23-,24+,25-,26+/m0/s1. The zero-order chi connectivity index (χ0) is 22.6. The summed E-state index contributed by atoms with van der Waals surface area (Å²) in [6, 6.07) is 0. The predicted octanol–water partition coefficient (Wildman–Crippen LogP) is 5.41. The molecule has 0 aromatic carbocycles. The fourth-order valence-corrected chi connectivity index (χ4v) is 5.22. The number of allylic oxidation sites excluding steroid dienone is 2. The highest BCUT2D eigenvalue weighted by molar-refractivity contribution is 5.71. The molecule has 3 rings (SSSR count). The summed E-state index contributed by atoms with van der Waals surface area (Å²) in [6.07, 6.45) is 18.4. The Bertz CT molecular complexity index is 562. The van der Waals surface area contributed by atoms with Crippen molar-refractivity contribution in [3.8, 4) is 0 Å². The van der Waals surface area contributed by atoms with E-state index in [4.69, 9.17) is 19.0 Å². The van der Waals surface area contributed by atoms with Crippen molar-refractivity contribution in [1.29, 1.82) is 0 Å². The number of hydroxylamine groups is 2. The van der Waals surface area contributed by atoms with E-state index in [2.05, 4.69) is 19.1 Å². The Kier molecular flexibility index (Phi) is 11.5. The average molecular weight is 452 g/mol. The van der Waals surface area contributed by atoms with Gasteiger partial charge in [-0.15, -0.1) is 0 Å². The van der Waals surface area contributed by atoms with E-state index in [1.54, 1.807) is 6.92 Å². The van der Waals surface area contributed by atoms with Gasteiger partial charge in [0.2, 0.25) is 5.91 Å². The van der Waals surface area contributed by atoms with E-state index in [0.29, 0.717) is 30.6 Å². The molecule has 3 aliphatic rings. The van der Waals surface area contributed by atoms with Gasteiger partial charge in [-0.05, 0) is 57.3 Å². The van der Waals surface area contributed by atoms with Crippen LogP contribution in [0.5, 0.6) is 0 Å². The van der Waals surface area contributed by atoms with Crippen LogP contribution in [0.2, 0.25) is 0 Å². The second-order valence-corrected chi connectivity index (χ2v) is 9.63. The monoisotopic (exact) mass is 451 g/mol. The highest BCUT2D eigenvalue weighted by Gasteiger charge is 2.48. The Hall–Kier alpha value is -0.950. The van der Waals surface area contributed by atoms with Gasteiger partial charge in [0.1, 0.15) is 0 Å². The molecule has 3 saturated heterocycles. The van der Waals surface area contributed by atoms with Gasteiger partial charge in [-0.2, -0.15) is 0 Å². The van der Waals surface area contributed by atoms with Crippen LogP contribution >= 0.6 is 0 Å². The first kappa shape index (κ1) is 25.7. The summed E-state index contributed by atoms with van der Waals surface area (Å²) < 4.78 is 17.8. The Morgan fingerprint density at radius 1 is 1.03 bits per heavy atom. The van der Waals surface area contributed by atoms with Crippen molar-refractivity contribution in [2.75, 3.05) is 26.4 Å². The second kappa shape index (κ2) is 14.3. The topological polar surface area (TPSA) is 57.2 Å². The summed E-state index contributed by atoms with van der Waals surface area (Å²) in [5, 5.41) is 1.47. The Morgan fingerprint density at radius 3 is 2.62 bits per heavy atom. The van der Waals surface area contributed by atoms with E-state index >= 15 is 0 Å². The molecule has 0 saturated carbocycles. The molecule has 3 heterocycles. The summed E-state index contributed by atoms with van der Waals surface area (Å²) in [5.41, 5.74) is 0. The number of fused-ring (bicyclic) bond motifs is 2. The molecule has 184 valence electrons. The maximum absolute atomic E-state index is 11.9. The Balaban J connectivity index is 1.32. The summed E-state index contributed by atoms with van der Waals surface area (Å²) in [4.78, 5) is 17.6. The number of hydrogen-bond acceptors (Lipinski definition) is 5. The van der Waals surface area contributed by atoms with Gasteiger partial charge in [-0.25, -0.2) is 9.90 Å². The number of carbonyl (C=O) groups is 1. The predicted molar refractivity (Wildman–Crippen MR) is 125 cm³/mol. The molecule has 1 unspecified atom stereocenters. The number of nitrogens with zero attached hydrogens (tertiary/aromatic N) is 1. The highest BCUT2D eigenvalue weighted by atomic mass is 16.8. The number of carbonyl (C=O) groups excluding carboxylic acids is 1. The van der Waals surface area contributed by atoms with Crippen LogP contribution in [0.25, 0.3) is 0 Å². The molecule has 5 atom stereocenters. The summed E-state index contributed by atoms with van der Waals surface area (Å²) >= 11 is 0. The molecule has 6 heteroatoms. The van der Waals surface area contributed by atoms with Gasteiger partial charge < -0.3 is 14.2 Å². The van der Waals surface area contributed by atoms with Crippen LogP contribution in [0.4, 0.5) is 0 Å². The lowest BCUT2D eigenvalue weighted by molar-refractivity contribution is -0.279. The average Bonchev–Trinajstić information content (AvgIpc) is 3.40. The van der Waals surface area contributed by atoms with Gasteiger partial charge in [-0.1, -0.05) is 38.3 Å². The first-order valence-electron chi connectivity index (χ1n) is 13.1. The van der Waals surface area contributed by atoms with E-state index in [9.17, 15) is 4.79 Å². The zero-order valence-electron chi connectivity index (χ0n) is 20.3. The van der Waals surface area contributed by atoms with Crippen molar-refractivity contribution in [3.63, 3.8) is 0 Å². The molecule has 1 amide bonds. The highest BCUT2D eigenvalue weighted by Crippen LogP contribution is 2.45. The van der Waals surface area contributed by atoms with E-state index in [1.807, 2.05) is 0 Å². The van der Waals surface area contributed by atoms with Gasteiger partial charge >= 0.3 is 0 Å². The van der Waals surface area contributed by atoms with E-state index in [0.717, 1.165) is 58.3 Å². The lowest BCUT2D eigenvalue weighted by Crippen LogP contribution is -2.36. The number of hydrogen-bond donors (Lipinski definition) is 0. The fraction of sp³-hybridized carbons (Fsp3) is 0.885. The molecule has 0 spiro atoms. The van der Waals surface area contributed by atoms with Gasteiger partial charge in [0, 0.05) is 39.0 Å². The van der Waals surface area contributed by atoms with Gasteiger partial charge in [0.25, 0.3) is 0 Å². The molecule has 0 aliphatic carbocycles. The minimum Gasteiger partial charge on any atom is -0.381 e. The number of rotatable bonds is 15. The molecule has 0 aromatic heterocycles. The first-order valence-corrected chi connectivity index (χ1v) is 13.1. The van der Waals surface area contributed by atoms with Crippen molar-refractivity contribution in [1.82, 2.24) is 5.06 Å². The summed E-state index contributed by atoms with van der Waals surface area (Å²) in [7, 11) is 0. The van der Waals surface area contributed by atoms with Crippen LogP contribution in [0.15, 0.2) is 12.2 Å². The van der Waals surface area contributed by atoms with Crippen molar-refractivity contribution in [3.05, 3.63) is 12.2 Å². The quantitative estimate of drug-likeness (QED) is 0.189. The second-order valence-electron chi connectivity index (χ2n) is 9.63. The number of unbranched alkanes of at least 4 members (excludes halogenated alkanes) is 4. The maximum atomic E-state index is 11.9. The lowest BCUT2D eigenvalue weighted by Gasteiger charge is -2.28. The Labute approximate surface area is 194 Å². The third-order valence-electron chi connectivity index (χ3n) is 7.08. The molecule has 6 nitrogen and oxygen atoms in total. The largest absolute Gasteiger partial charge is 0.381 e. The third-order valence-corrected chi connectivity index (χ3v) is 7.08.